The SMILES string of the molecule is CN(c1ccc(-c2cc3cc(C4CCOCC4)cnc3cc2O)nn1)C1CC(C)(C)NC(C)(C)C1. The van der Waals surface area contributed by atoms with Crippen molar-refractivity contribution in [2.45, 2.75) is 76.4 Å². The molecule has 2 saturated heterocycles. The molecule has 0 bridgehead atoms. The molecular formula is C28H37N5O2. The number of hydrogen-bond acceptors (Lipinski definition) is 7. The number of fused-ring (bicyclic) bond motifs is 1. The van der Waals surface area contributed by atoms with Crippen LogP contribution in [0.15, 0.2) is 36.5 Å². The summed E-state index contributed by atoms with van der Waals surface area (Å²) >= 11 is 0. The molecule has 7 nitrogen and oxygen atoms in total. The van der Waals surface area contributed by atoms with Crippen molar-refractivity contribution < 1.29 is 9.84 Å². The van der Waals surface area contributed by atoms with Gasteiger partial charge in [0.05, 0.1) is 11.2 Å². The number of aromatic hydroxyl groups is 1. The molecule has 2 aliphatic rings. The van der Waals surface area contributed by atoms with Crippen molar-refractivity contribution in [3.05, 3.63) is 42.1 Å². The molecule has 5 rings (SSSR count). The van der Waals surface area contributed by atoms with E-state index in [2.05, 4.69) is 66.2 Å². The van der Waals surface area contributed by atoms with E-state index in [0.29, 0.717) is 23.2 Å². The summed E-state index contributed by atoms with van der Waals surface area (Å²) in [7, 11) is 2.10. The van der Waals surface area contributed by atoms with Crippen LogP contribution in [0.3, 0.4) is 0 Å². The highest BCUT2D eigenvalue weighted by Gasteiger charge is 2.39. The molecule has 2 fully saturated rings. The molecule has 7 heteroatoms. The van der Waals surface area contributed by atoms with Gasteiger partial charge < -0.3 is 20.1 Å². The molecular weight excluding hydrogens is 438 g/mol. The molecule has 0 unspecified atom stereocenters. The van der Waals surface area contributed by atoms with Crippen molar-refractivity contribution in [3.8, 4) is 17.0 Å². The average molecular weight is 476 g/mol. The van der Waals surface area contributed by atoms with Crippen LogP contribution >= 0.6 is 0 Å². The summed E-state index contributed by atoms with van der Waals surface area (Å²) in [5.74, 6) is 1.48. The van der Waals surface area contributed by atoms with E-state index < -0.39 is 0 Å². The molecule has 2 aliphatic heterocycles. The first kappa shape index (κ1) is 23.9. The number of hydrogen-bond donors (Lipinski definition) is 2. The number of piperidine rings is 1. The molecule has 3 aromatic rings. The predicted octanol–water partition coefficient (Wildman–Crippen LogP) is 5.04. The van der Waals surface area contributed by atoms with Crippen molar-refractivity contribution in [3.63, 3.8) is 0 Å². The Hall–Kier alpha value is -2.77. The van der Waals surface area contributed by atoms with E-state index >= 15 is 0 Å². The van der Waals surface area contributed by atoms with Crippen LogP contribution < -0.4 is 10.2 Å². The molecule has 0 aliphatic carbocycles. The third kappa shape index (κ3) is 5.11. The molecule has 4 heterocycles. The molecule has 2 aromatic heterocycles. The lowest BCUT2D eigenvalue weighted by molar-refractivity contribution is 0.0853. The Kier molecular flexibility index (Phi) is 6.18. The summed E-state index contributed by atoms with van der Waals surface area (Å²) in [5.41, 5.74) is 3.46. The fourth-order valence-corrected chi connectivity index (χ4v) is 6.03. The van der Waals surface area contributed by atoms with Gasteiger partial charge in [0.1, 0.15) is 5.75 Å². The maximum absolute atomic E-state index is 10.7. The number of rotatable bonds is 4. The number of anilines is 1. The van der Waals surface area contributed by atoms with Gasteiger partial charge in [-0.15, -0.1) is 10.2 Å². The minimum absolute atomic E-state index is 0.0580. The third-order valence-electron chi connectivity index (χ3n) is 7.52. The van der Waals surface area contributed by atoms with Crippen LogP contribution in [0.5, 0.6) is 5.75 Å². The van der Waals surface area contributed by atoms with Gasteiger partial charge in [-0.2, -0.15) is 0 Å². The maximum atomic E-state index is 10.7. The smallest absolute Gasteiger partial charge is 0.151 e. The van der Waals surface area contributed by atoms with Crippen LogP contribution in [0, 0.1) is 0 Å². The Bertz CT molecular complexity index is 1190. The number of phenolic OH excluding ortho intramolecular Hbond substituents is 1. The van der Waals surface area contributed by atoms with E-state index in [0.717, 1.165) is 55.6 Å². The Morgan fingerprint density at radius 1 is 1.00 bits per heavy atom. The zero-order chi connectivity index (χ0) is 24.8. The number of phenols is 1. The molecule has 186 valence electrons. The molecule has 0 spiro atoms. The summed E-state index contributed by atoms with van der Waals surface area (Å²) in [6.45, 7) is 10.6. The zero-order valence-corrected chi connectivity index (χ0v) is 21.5. The van der Waals surface area contributed by atoms with Crippen molar-refractivity contribution in [1.82, 2.24) is 20.5 Å². The monoisotopic (exact) mass is 475 g/mol. The number of nitrogens with one attached hydrogen (secondary N) is 1. The van der Waals surface area contributed by atoms with Crippen LogP contribution in [0.1, 0.15) is 64.9 Å². The second kappa shape index (κ2) is 9.03. The van der Waals surface area contributed by atoms with E-state index in [-0.39, 0.29) is 16.8 Å². The van der Waals surface area contributed by atoms with Crippen LogP contribution in [0.2, 0.25) is 0 Å². The van der Waals surface area contributed by atoms with Crippen LogP contribution in [0.25, 0.3) is 22.2 Å². The van der Waals surface area contributed by atoms with E-state index in [9.17, 15) is 5.11 Å². The largest absolute Gasteiger partial charge is 0.507 e. The lowest BCUT2D eigenvalue weighted by Crippen LogP contribution is -2.62. The quantitative estimate of drug-likeness (QED) is 0.547. The van der Waals surface area contributed by atoms with Gasteiger partial charge in [0.25, 0.3) is 0 Å². The highest BCUT2D eigenvalue weighted by molar-refractivity contribution is 5.87. The number of aromatic nitrogens is 3. The van der Waals surface area contributed by atoms with Crippen LogP contribution in [0.4, 0.5) is 5.82 Å². The van der Waals surface area contributed by atoms with E-state index in [1.54, 1.807) is 6.07 Å². The molecule has 2 N–H and O–H groups in total. The first-order valence-corrected chi connectivity index (χ1v) is 12.7. The topological polar surface area (TPSA) is 83.4 Å². The fourth-order valence-electron chi connectivity index (χ4n) is 6.03. The summed E-state index contributed by atoms with van der Waals surface area (Å²) in [5, 5.41) is 24.5. The summed E-state index contributed by atoms with van der Waals surface area (Å²) in [6, 6.07) is 10.2. The van der Waals surface area contributed by atoms with Gasteiger partial charge in [-0.05, 0) is 89.1 Å². The maximum Gasteiger partial charge on any atom is 0.151 e. The molecule has 35 heavy (non-hydrogen) atoms. The van der Waals surface area contributed by atoms with Crippen LogP contribution in [-0.2, 0) is 4.74 Å². The average Bonchev–Trinajstić information content (AvgIpc) is 2.81. The molecule has 0 atom stereocenters. The molecule has 0 radical (unpaired) electrons. The number of nitrogens with zero attached hydrogens (tertiary/aromatic N) is 4. The second-order valence-electron chi connectivity index (χ2n) is 11.6. The Labute approximate surface area is 207 Å². The van der Waals surface area contributed by atoms with Crippen molar-refractivity contribution in [1.29, 1.82) is 0 Å². The predicted molar refractivity (Wildman–Crippen MR) is 140 cm³/mol. The summed E-state index contributed by atoms with van der Waals surface area (Å²) in [4.78, 5) is 6.86. The van der Waals surface area contributed by atoms with Gasteiger partial charge in [-0.1, -0.05) is 0 Å². The van der Waals surface area contributed by atoms with Crippen molar-refractivity contribution >= 4 is 16.7 Å². The van der Waals surface area contributed by atoms with Gasteiger partial charge in [0.15, 0.2) is 5.82 Å². The molecule has 1 aromatic carbocycles. The van der Waals surface area contributed by atoms with E-state index in [4.69, 9.17) is 4.74 Å². The first-order chi connectivity index (χ1) is 16.6. The first-order valence-electron chi connectivity index (χ1n) is 12.7. The number of pyridine rings is 1. The van der Waals surface area contributed by atoms with Crippen LogP contribution in [-0.4, -0.2) is 57.7 Å². The van der Waals surface area contributed by atoms with Gasteiger partial charge in [0.2, 0.25) is 0 Å². The van der Waals surface area contributed by atoms with E-state index in [1.165, 1.54) is 5.56 Å². The molecule has 0 saturated carbocycles. The van der Waals surface area contributed by atoms with Gasteiger partial charge in [0, 0.05) is 60.6 Å². The highest BCUT2D eigenvalue weighted by Crippen LogP contribution is 2.36. The third-order valence-corrected chi connectivity index (χ3v) is 7.52. The minimum Gasteiger partial charge on any atom is -0.507 e. The van der Waals surface area contributed by atoms with Gasteiger partial charge >= 0.3 is 0 Å². The van der Waals surface area contributed by atoms with Gasteiger partial charge in [-0.25, -0.2) is 0 Å². The second-order valence-corrected chi connectivity index (χ2v) is 11.6. The lowest BCUT2D eigenvalue weighted by atomic mass is 9.79. The summed E-state index contributed by atoms with van der Waals surface area (Å²) < 4.78 is 5.51. The Balaban J connectivity index is 1.40. The van der Waals surface area contributed by atoms with Crippen molar-refractivity contribution in [2.75, 3.05) is 25.2 Å². The lowest BCUT2D eigenvalue weighted by Gasteiger charge is -2.49. The number of benzene rings is 1. The minimum atomic E-state index is 0.0580. The highest BCUT2D eigenvalue weighted by atomic mass is 16.5. The fraction of sp³-hybridized carbons (Fsp3) is 0.536. The normalized spacial score (nSPS) is 20.7. The number of ether oxygens (including phenoxy) is 1. The Morgan fingerprint density at radius 3 is 2.37 bits per heavy atom. The van der Waals surface area contributed by atoms with Gasteiger partial charge in [-0.3, -0.25) is 4.98 Å². The standard InChI is InChI=1S/C28H37N5O2/c1-27(2)15-21(16-28(3,4)32-27)33(5)26-7-6-23(30-31-26)22-13-19-12-20(18-8-10-35-11-9-18)17-29-24(19)14-25(22)34/h6-7,12-14,17-18,21,32,34H,8-11,15-16H2,1-5H3. The zero-order valence-electron chi connectivity index (χ0n) is 21.5. The summed E-state index contributed by atoms with van der Waals surface area (Å²) in [6.07, 6.45) is 6.04. The Morgan fingerprint density at radius 2 is 1.71 bits per heavy atom. The molecule has 0 amide bonds. The van der Waals surface area contributed by atoms with E-state index in [1.807, 2.05) is 24.4 Å². The van der Waals surface area contributed by atoms with Crippen molar-refractivity contribution in [2.24, 2.45) is 0 Å².